The van der Waals surface area contributed by atoms with Crippen molar-refractivity contribution in [1.29, 1.82) is 0 Å². The Bertz CT molecular complexity index is 157. The molecule has 1 unspecified atom stereocenters. The Morgan fingerprint density at radius 1 is 1.55 bits per heavy atom. The molecule has 0 aliphatic heterocycles. The highest BCUT2D eigenvalue weighted by Gasteiger charge is 2.12. The first kappa shape index (κ1) is 10.1. The van der Waals surface area contributed by atoms with Crippen molar-refractivity contribution in [3.05, 3.63) is 0 Å². The van der Waals surface area contributed by atoms with Gasteiger partial charge in [-0.3, -0.25) is 4.79 Å². The summed E-state index contributed by atoms with van der Waals surface area (Å²) in [5.41, 5.74) is 5.02. The van der Waals surface area contributed by atoms with Crippen molar-refractivity contribution in [2.45, 2.75) is 25.8 Å². The third kappa shape index (κ3) is 4.50. The molecule has 3 N–H and O–H groups in total. The SMILES string of the molecule is CNC(CCC(C)=O)C(N)=O. The topological polar surface area (TPSA) is 72.2 Å². The first-order chi connectivity index (χ1) is 5.07. The zero-order chi connectivity index (χ0) is 8.85. The number of hydrogen-bond acceptors (Lipinski definition) is 3. The molecule has 0 spiro atoms. The quantitative estimate of drug-likeness (QED) is 0.562. The molecule has 0 saturated carbocycles. The van der Waals surface area contributed by atoms with Gasteiger partial charge in [-0.25, -0.2) is 0 Å². The van der Waals surface area contributed by atoms with Crippen LogP contribution >= 0.6 is 0 Å². The number of rotatable bonds is 5. The Balaban J connectivity index is 3.70. The van der Waals surface area contributed by atoms with E-state index in [0.717, 1.165) is 0 Å². The highest BCUT2D eigenvalue weighted by atomic mass is 16.1. The molecule has 1 atom stereocenters. The van der Waals surface area contributed by atoms with Gasteiger partial charge in [-0.05, 0) is 20.4 Å². The predicted octanol–water partition coefficient (Wildman–Crippen LogP) is -0.571. The summed E-state index contributed by atoms with van der Waals surface area (Å²) in [6.45, 7) is 1.49. The summed E-state index contributed by atoms with van der Waals surface area (Å²) in [5.74, 6) is -0.333. The molecule has 64 valence electrons. The summed E-state index contributed by atoms with van der Waals surface area (Å²) < 4.78 is 0. The minimum atomic E-state index is -0.409. The molecule has 0 aromatic carbocycles. The van der Waals surface area contributed by atoms with Crippen molar-refractivity contribution in [2.75, 3.05) is 7.05 Å². The fraction of sp³-hybridized carbons (Fsp3) is 0.714. The first-order valence-electron chi connectivity index (χ1n) is 3.54. The third-order valence-corrected chi connectivity index (χ3v) is 1.48. The number of nitrogens with two attached hydrogens (primary N) is 1. The molecule has 0 fully saturated rings. The third-order valence-electron chi connectivity index (χ3n) is 1.48. The van der Waals surface area contributed by atoms with Crippen LogP contribution in [0.4, 0.5) is 0 Å². The van der Waals surface area contributed by atoms with Crippen LogP contribution in [0.15, 0.2) is 0 Å². The van der Waals surface area contributed by atoms with E-state index in [1.807, 2.05) is 0 Å². The zero-order valence-corrected chi connectivity index (χ0v) is 6.89. The largest absolute Gasteiger partial charge is 0.368 e. The monoisotopic (exact) mass is 158 g/mol. The van der Waals surface area contributed by atoms with E-state index in [4.69, 9.17) is 5.73 Å². The summed E-state index contributed by atoms with van der Waals surface area (Å²) in [4.78, 5) is 21.1. The molecule has 11 heavy (non-hydrogen) atoms. The van der Waals surface area contributed by atoms with Gasteiger partial charge in [0, 0.05) is 6.42 Å². The average Bonchev–Trinajstić information content (AvgIpc) is 1.87. The van der Waals surface area contributed by atoms with E-state index in [1.165, 1.54) is 6.92 Å². The van der Waals surface area contributed by atoms with Gasteiger partial charge in [0.15, 0.2) is 0 Å². The van der Waals surface area contributed by atoms with Crippen LogP contribution in [0.5, 0.6) is 0 Å². The molecule has 0 saturated heterocycles. The van der Waals surface area contributed by atoms with E-state index in [2.05, 4.69) is 5.32 Å². The van der Waals surface area contributed by atoms with Crippen molar-refractivity contribution < 1.29 is 9.59 Å². The normalized spacial score (nSPS) is 12.5. The van der Waals surface area contributed by atoms with Gasteiger partial charge < -0.3 is 15.8 Å². The van der Waals surface area contributed by atoms with Gasteiger partial charge in [0.2, 0.25) is 5.91 Å². The molecule has 1 amide bonds. The van der Waals surface area contributed by atoms with Gasteiger partial charge in [-0.1, -0.05) is 0 Å². The second kappa shape index (κ2) is 4.85. The highest BCUT2D eigenvalue weighted by molar-refractivity contribution is 5.81. The Kier molecular flexibility index (Phi) is 4.45. The maximum absolute atomic E-state index is 10.6. The van der Waals surface area contributed by atoms with Crippen molar-refractivity contribution in [2.24, 2.45) is 5.73 Å². The molecule has 0 rings (SSSR count). The van der Waals surface area contributed by atoms with Crippen molar-refractivity contribution in [1.82, 2.24) is 5.32 Å². The van der Waals surface area contributed by atoms with Crippen LogP contribution in [0, 0.1) is 0 Å². The summed E-state index contributed by atoms with van der Waals surface area (Å²) in [6, 6.07) is -0.376. The van der Waals surface area contributed by atoms with Crippen LogP contribution in [0.3, 0.4) is 0 Å². The van der Waals surface area contributed by atoms with E-state index >= 15 is 0 Å². The van der Waals surface area contributed by atoms with Crippen molar-refractivity contribution in [3.63, 3.8) is 0 Å². The molecule has 0 aliphatic carbocycles. The van der Waals surface area contributed by atoms with Crippen molar-refractivity contribution in [3.8, 4) is 0 Å². The average molecular weight is 158 g/mol. The Hall–Kier alpha value is -0.900. The number of hydrogen-bond donors (Lipinski definition) is 2. The maximum atomic E-state index is 10.6. The van der Waals surface area contributed by atoms with Crippen LogP contribution in [0.25, 0.3) is 0 Å². The van der Waals surface area contributed by atoms with Gasteiger partial charge in [-0.2, -0.15) is 0 Å². The number of ketones is 1. The Morgan fingerprint density at radius 3 is 2.36 bits per heavy atom. The lowest BCUT2D eigenvalue weighted by Gasteiger charge is -2.09. The smallest absolute Gasteiger partial charge is 0.234 e. The Labute approximate surface area is 66.1 Å². The fourth-order valence-corrected chi connectivity index (χ4v) is 0.776. The molecule has 0 bridgehead atoms. The van der Waals surface area contributed by atoms with E-state index in [9.17, 15) is 9.59 Å². The molecule has 0 radical (unpaired) electrons. The molecular weight excluding hydrogens is 144 g/mol. The van der Waals surface area contributed by atoms with E-state index in [1.54, 1.807) is 7.05 Å². The number of primary amides is 1. The van der Waals surface area contributed by atoms with E-state index in [0.29, 0.717) is 12.8 Å². The summed E-state index contributed by atoms with van der Waals surface area (Å²) in [5, 5.41) is 2.73. The number of Topliss-reactive ketones (excluding diaryl/α,β-unsaturated/α-hetero) is 1. The lowest BCUT2D eigenvalue weighted by molar-refractivity contribution is -0.120. The second-order valence-corrected chi connectivity index (χ2v) is 2.48. The Morgan fingerprint density at radius 2 is 2.09 bits per heavy atom. The molecular formula is C7H14N2O2. The molecule has 4 heteroatoms. The van der Waals surface area contributed by atoms with E-state index in [-0.39, 0.29) is 11.8 Å². The molecule has 4 nitrogen and oxygen atoms in total. The first-order valence-corrected chi connectivity index (χ1v) is 3.54. The van der Waals surface area contributed by atoms with Crippen molar-refractivity contribution >= 4 is 11.7 Å². The summed E-state index contributed by atoms with van der Waals surface area (Å²) >= 11 is 0. The minimum absolute atomic E-state index is 0.0755. The second-order valence-electron chi connectivity index (χ2n) is 2.48. The number of nitrogens with one attached hydrogen (secondary N) is 1. The van der Waals surface area contributed by atoms with Crippen LogP contribution < -0.4 is 11.1 Å². The highest BCUT2D eigenvalue weighted by Crippen LogP contribution is 1.96. The predicted molar refractivity (Wildman–Crippen MR) is 42.0 cm³/mol. The number of carbonyl (C=O) groups is 2. The minimum Gasteiger partial charge on any atom is -0.368 e. The van der Waals surface area contributed by atoms with Crippen LogP contribution in [0.1, 0.15) is 19.8 Å². The van der Waals surface area contributed by atoms with Crippen LogP contribution in [-0.4, -0.2) is 24.8 Å². The summed E-state index contributed by atoms with van der Waals surface area (Å²) in [7, 11) is 1.65. The fourth-order valence-electron chi connectivity index (χ4n) is 0.776. The van der Waals surface area contributed by atoms with Crippen LogP contribution in [0.2, 0.25) is 0 Å². The van der Waals surface area contributed by atoms with Crippen LogP contribution in [-0.2, 0) is 9.59 Å². The zero-order valence-electron chi connectivity index (χ0n) is 6.89. The standard InChI is InChI=1S/C7H14N2O2/c1-5(10)3-4-6(9-2)7(8)11/h6,9H,3-4H2,1-2H3,(H2,8,11). The molecule has 0 aliphatic rings. The number of likely N-dealkylation sites (N-methyl/N-ethyl adjacent to an activating group) is 1. The molecule has 0 aromatic heterocycles. The van der Waals surface area contributed by atoms with Gasteiger partial charge in [0.1, 0.15) is 5.78 Å². The lowest BCUT2D eigenvalue weighted by atomic mass is 10.1. The van der Waals surface area contributed by atoms with Gasteiger partial charge in [0.25, 0.3) is 0 Å². The van der Waals surface area contributed by atoms with E-state index < -0.39 is 5.91 Å². The van der Waals surface area contributed by atoms with Gasteiger partial charge >= 0.3 is 0 Å². The molecule has 0 aromatic rings. The van der Waals surface area contributed by atoms with Gasteiger partial charge in [-0.15, -0.1) is 0 Å². The van der Waals surface area contributed by atoms with Gasteiger partial charge in [0.05, 0.1) is 6.04 Å². The molecule has 0 heterocycles. The maximum Gasteiger partial charge on any atom is 0.234 e. The number of amides is 1. The number of carbonyl (C=O) groups excluding carboxylic acids is 2. The summed E-state index contributed by atoms with van der Waals surface area (Å²) in [6.07, 6.45) is 0.885. The lowest BCUT2D eigenvalue weighted by Crippen LogP contribution is -2.39.